The number of rotatable bonds is 5. The molecule has 5 rings (SSSR count). The van der Waals surface area contributed by atoms with Gasteiger partial charge in [0.25, 0.3) is 5.91 Å². The molecule has 2 aliphatic rings. The monoisotopic (exact) mass is 408 g/mol. The Balaban J connectivity index is 1.20. The van der Waals surface area contributed by atoms with Gasteiger partial charge in [-0.1, -0.05) is 12.1 Å². The predicted molar refractivity (Wildman–Crippen MR) is 113 cm³/mol. The number of H-pyrrole nitrogens is 1. The Kier molecular flexibility index (Phi) is 4.62. The van der Waals surface area contributed by atoms with Crippen LogP contribution in [-0.4, -0.2) is 39.8 Å². The summed E-state index contributed by atoms with van der Waals surface area (Å²) in [6.45, 7) is 3.68. The lowest BCUT2D eigenvalue weighted by atomic mass is 10.2. The molecule has 1 aliphatic carbocycles. The third kappa shape index (κ3) is 3.55. The number of fused-ring (bicyclic) bond motifs is 1. The molecule has 1 saturated carbocycles. The number of carbonyl (C=O) groups is 2. The fraction of sp³-hybridized carbons (Fsp3) is 0.409. The van der Waals surface area contributed by atoms with Crippen LogP contribution in [0.25, 0.3) is 11.0 Å². The molecule has 0 radical (unpaired) electrons. The molecule has 2 N–H and O–H groups in total. The molecule has 1 unspecified atom stereocenters. The van der Waals surface area contributed by atoms with E-state index in [-0.39, 0.29) is 29.7 Å². The second-order valence-electron chi connectivity index (χ2n) is 8.02. The summed E-state index contributed by atoms with van der Waals surface area (Å²) in [6, 6.07) is 11.7. The number of imidazole rings is 1. The van der Waals surface area contributed by atoms with E-state index in [4.69, 9.17) is 0 Å². The van der Waals surface area contributed by atoms with E-state index in [0.29, 0.717) is 0 Å². The highest BCUT2D eigenvalue weighted by molar-refractivity contribution is 7.14. The number of nitrogens with one attached hydrogen (secondary N) is 2. The zero-order chi connectivity index (χ0) is 20.0. The quantitative estimate of drug-likeness (QED) is 0.673. The van der Waals surface area contributed by atoms with Crippen LogP contribution >= 0.6 is 11.3 Å². The minimum atomic E-state index is -0.107. The van der Waals surface area contributed by atoms with E-state index in [9.17, 15) is 9.59 Å². The van der Waals surface area contributed by atoms with Gasteiger partial charge in [0.2, 0.25) is 5.91 Å². The van der Waals surface area contributed by atoms with E-state index >= 15 is 0 Å². The fourth-order valence-corrected chi connectivity index (χ4v) is 5.08. The number of benzene rings is 1. The fourth-order valence-electron chi connectivity index (χ4n) is 4.10. The number of para-hydroxylation sites is 2. The van der Waals surface area contributed by atoms with Crippen LogP contribution in [-0.2, 0) is 4.79 Å². The van der Waals surface area contributed by atoms with Gasteiger partial charge in [-0.3, -0.25) is 9.59 Å². The molecule has 29 heavy (non-hydrogen) atoms. The van der Waals surface area contributed by atoms with Crippen LogP contribution in [0, 0.1) is 5.92 Å². The molecule has 2 fully saturated rings. The zero-order valence-electron chi connectivity index (χ0n) is 16.4. The minimum Gasteiger partial charge on any atom is -0.349 e. The molecule has 1 saturated heterocycles. The Morgan fingerprint density at radius 3 is 2.79 bits per heavy atom. The molecule has 2 amide bonds. The van der Waals surface area contributed by atoms with Gasteiger partial charge in [-0.05, 0) is 50.5 Å². The maximum Gasteiger partial charge on any atom is 0.263 e. The van der Waals surface area contributed by atoms with E-state index < -0.39 is 0 Å². The molecule has 6 nitrogen and oxygen atoms in total. The lowest BCUT2D eigenvalue weighted by Crippen LogP contribution is -2.28. The summed E-state index contributed by atoms with van der Waals surface area (Å²) in [5, 5.41) is 3.12. The first kappa shape index (κ1) is 18.4. The Hall–Kier alpha value is -2.67. The molecule has 150 valence electrons. The molecule has 0 bridgehead atoms. The molecule has 0 spiro atoms. The van der Waals surface area contributed by atoms with Crippen molar-refractivity contribution in [1.82, 2.24) is 20.2 Å². The van der Waals surface area contributed by atoms with Gasteiger partial charge in [0.15, 0.2) is 0 Å². The van der Waals surface area contributed by atoms with Crippen LogP contribution in [0.1, 0.15) is 58.5 Å². The first-order chi connectivity index (χ1) is 14.1. The van der Waals surface area contributed by atoms with E-state index in [0.717, 1.165) is 59.0 Å². The Bertz CT molecular complexity index is 1030. The average molecular weight is 409 g/mol. The Morgan fingerprint density at radius 1 is 1.21 bits per heavy atom. The number of carbonyl (C=O) groups excluding carboxylic acids is 2. The number of likely N-dealkylation sites (tertiary alicyclic amines) is 1. The Morgan fingerprint density at radius 2 is 2.00 bits per heavy atom. The highest BCUT2D eigenvalue weighted by atomic mass is 32.1. The topological polar surface area (TPSA) is 78.1 Å². The molecular weight excluding hydrogens is 384 g/mol. The predicted octanol–water partition coefficient (Wildman–Crippen LogP) is 3.84. The minimum absolute atomic E-state index is 0.0383. The molecule has 7 heteroatoms. The van der Waals surface area contributed by atoms with Crippen molar-refractivity contribution >= 4 is 34.2 Å². The largest absolute Gasteiger partial charge is 0.349 e. The van der Waals surface area contributed by atoms with Crippen molar-refractivity contribution < 1.29 is 9.59 Å². The third-order valence-corrected chi connectivity index (χ3v) is 7.16. The number of aromatic amines is 1. The summed E-state index contributed by atoms with van der Waals surface area (Å²) in [6.07, 6.45) is 3.00. The lowest BCUT2D eigenvalue weighted by Gasteiger charge is -2.14. The van der Waals surface area contributed by atoms with Gasteiger partial charge in [0.1, 0.15) is 5.82 Å². The third-order valence-electron chi connectivity index (χ3n) is 5.90. The molecule has 1 aromatic carbocycles. The van der Waals surface area contributed by atoms with Crippen LogP contribution in [0.2, 0.25) is 0 Å². The maximum atomic E-state index is 12.7. The van der Waals surface area contributed by atoms with Crippen molar-refractivity contribution in [3.8, 4) is 0 Å². The summed E-state index contributed by atoms with van der Waals surface area (Å²) in [5.41, 5.74) is 1.95. The van der Waals surface area contributed by atoms with Crippen LogP contribution in [0.3, 0.4) is 0 Å². The van der Waals surface area contributed by atoms with E-state index in [1.807, 2.05) is 48.2 Å². The summed E-state index contributed by atoms with van der Waals surface area (Å²) in [4.78, 5) is 36.9. The number of nitrogens with zero attached hydrogens (tertiary/aromatic N) is 2. The molecule has 3 heterocycles. The standard InChI is InChI=1S/C22H24N4O2S/c1-13(18-8-9-19(29-18)22(28)26-10-4-5-11-26)23-21(27)15-12-14(15)20-24-16-6-2-3-7-17(16)25-20/h2-3,6-9,13-15H,4-5,10-12H2,1H3,(H,23,27)(H,24,25)/t13-,14-,15?/m1/s1. The number of amides is 2. The summed E-state index contributed by atoms with van der Waals surface area (Å²) in [5.74, 6) is 1.19. The first-order valence-corrected chi connectivity index (χ1v) is 11.1. The number of hydrogen-bond acceptors (Lipinski definition) is 4. The van der Waals surface area contributed by atoms with Crippen molar-refractivity contribution in [3.63, 3.8) is 0 Å². The van der Waals surface area contributed by atoms with Crippen LogP contribution in [0.15, 0.2) is 36.4 Å². The normalized spacial score (nSPS) is 22.0. The number of aromatic nitrogens is 2. The molecular formula is C22H24N4O2S. The van der Waals surface area contributed by atoms with Gasteiger partial charge in [0.05, 0.1) is 22.0 Å². The van der Waals surface area contributed by atoms with Gasteiger partial charge in [-0.15, -0.1) is 11.3 Å². The lowest BCUT2D eigenvalue weighted by molar-refractivity contribution is -0.123. The average Bonchev–Trinajstić information content (AvgIpc) is 3.16. The molecule has 3 atom stereocenters. The van der Waals surface area contributed by atoms with E-state index in [1.54, 1.807) is 0 Å². The first-order valence-electron chi connectivity index (χ1n) is 10.2. The second kappa shape index (κ2) is 7.30. The van der Waals surface area contributed by atoms with Gasteiger partial charge in [0, 0.05) is 29.8 Å². The SMILES string of the molecule is C[C@@H](NC(=O)C1C[C@H]1c1nc2ccccc2[nH]1)c1ccc(C(=O)N2CCCC2)s1. The highest BCUT2D eigenvalue weighted by Crippen LogP contribution is 2.47. The maximum absolute atomic E-state index is 12.7. The van der Waals surface area contributed by atoms with Crippen molar-refractivity contribution in [3.05, 3.63) is 52.0 Å². The van der Waals surface area contributed by atoms with E-state index in [2.05, 4.69) is 15.3 Å². The number of thiophene rings is 1. The van der Waals surface area contributed by atoms with Gasteiger partial charge >= 0.3 is 0 Å². The summed E-state index contributed by atoms with van der Waals surface area (Å²) in [7, 11) is 0. The number of hydrogen-bond donors (Lipinski definition) is 2. The van der Waals surface area contributed by atoms with Crippen LogP contribution in [0.4, 0.5) is 0 Å². The van der Waals surface area contributed by atoms with Crippen LogP contribution < -0.4 is 5.32 Å². The second-order valence-corrected chi connectivity index (χ2v) is 9.13. The van der Waals surface area contributed by atoms with Crippen molar-refractivity contribution in [2.75, 3.05) is 13.1 Å². The molecule has 1 aliphatic heterocycles. The molecule has 3 aromatic rings. The summed E-state index contributed by atoms with van der Waals surface area (Å²) < 4.78 is 0. The highest BCUT2D eigenvalue weighted by Gasteiger charge is 2.46. The Labute approximate surface area is 173 Å². The van der Waals surface area contributed by atoms with Gasteiger partial charge in [-0.2, -0.15) is 0 Å². The van der Waals surface area contributed by atoms with Gasteiger partial charge < -0.3 is 15.2 Å². The van der Waals surface area contributed by atoms with Crippen molar-refractivity contribution in [2.24, 2.45) is 5.92 Å². The van der Waals surface area contributed by atoms with Crippen molar-refractivity contribution in [1.29, 1.82) is 0 Å². The summed E-state index contributed by atoms with van der Waals surface area (Å²) >= 11 is 1.49. The van der Waals surface area contributed by atoms with E-state index in [1.165, 1.54) is 11.3 Å². The zero-order valence-corrected chi connectivity index (χ0v) is 17.2. The molecule has 2 aromatic heterocycles. The van der Waals surface area contributed by atoms with Crippen LogP contribution in [0.5, 0.6) is 0 Å². The smallest absolute Gasteiger partial charge is 0.263 e. The van der Waals surface area contributed by atoms with Crippen molar-refractivity contribution in [2.45, 2.75) is 38.1 Å². The van der Waals surface area contributed by atoms with Gasteiger partial charge in [-0.25, -0.2) is 4.98 Å².